The Bertz CT molecular complexity index is 1170. The van der Waals surface area contributed by atoms with Crippen molar-refractivity contribution in [1.82, 2.24) is 0 Å². The first-order valence-corrected chi connectivity index (χ1v) is 11.1. The first kappa shape index (κ1) is 22.0. The van der Waals surface area contributed by atoms with E-state index in [9.17, 15) is 13.6 Å². The lowest BCUT2D eigenvalue weighted by atomic mass is 9.77. The highest BCUT2D eigenvalue weighted by Crippen LogP contribution is 2.37. The van der Waals surface area contributed by atoms with Crippen molar-refractivity contribution in [1.29, 1.82) is 5.26 Å². The van der Waals surface area contributed by atoms with Crippen LogP contribution < -0.4 is 4.74 Å². The van der Waals surface area contributed by atoms with E-state index in [1.54, 1.807) is 12.1 Å². The lowest BCUT2D eigenvalue weighted by Crippen LogP contribution is -2.13. The topological polar surface area (TPSA) is 50.1 Å². The summed E-state index contributed by atoms with van der Waals surface area (Å²) >= 11 is 0. The molecule has 3 aromatic rings. The summed E-state index contributed by atoms with van der Waals surface area (Å²) in [5.74, 6) is -0.820. The number of benzene rings is 3. The van der Waals surface area contributed by atoms with E-state index in [1.165, 1.54) is 68.4 Å². The molecule has 0 heterocycles. The van der Waals surface area contributed by atoms with Crippen molar-refractivity contribution in [2.24, 2.45) is 5.92 Å². The number of nitriles is 1. The molecular formula is C27H25F2NO2. The van der Waals surface area contributed by atoms with Gasteiger partial charge in [-0.1, -0.05) is 31.9 Å². The summed E-state index contributed by atoms with van der Waals surface area (Å²) in [6.07, 6.45) is 7.46. The third-order valence-electron chi connectivity index (χ3n) is 6.48. The summed E-state index contributed by atoms with van der Waals surface area (Å²) in [6, 6.07) is 14.3. The summed E-state index contributed by atoms with van der Waals surface area (Å²) < 4.78 is 33.6. The molecule has 0 aromatic heterocycles. The number of esters is 1. The molecule has 0 amide bonds. The SMILES string of the molecule is CCCC1CCC(c2ccc(C(=O)Oc3ccc4c(F)c(C#N)c(F)cc4c3)cc2)CC1. The van der Waals surface area contributed by atoms with Crippen molar-refractivity contribution >= 4 is 16.7 Å². The minimum atomic E-state index is -0.944. The zero-order chi connectivity index (χ0) is 22.7. The maximum Gasteiger partial charge on any atom is 0.343 e. The van der Waals surface area contributed by atoms with Crippen LogP contribution in [-0.4, -0.2) is 5.97 Å². The van der Waals surface area contributed by atoms with E-state index in [2.05, 4.69) is 6.92 Å². The fraction of sp³-hybridized carbons (Fsp3) is 0.333. The van der Waals surface area contributed by atoms with Gasteiger partial charge in [0.1, 0.15) is 23.2 Å². The van der Waals surface area contributed by atoms with Crippen molar-refractivity contribution in [2.45, 2.75) is 51.4 Å². The Hall–Kier alpha value is -3.26. The molecular weight excluding hydrogens is 408 g/mol. The molecule has 1 aliphatic carbocycles. The molecule has 0 radical (unpaired) electrons. The molecule has 0 aliphatic heterocycles. The van der Waals surface area contributed by atoms with Crippen LogP contribution in [0.4, 0.5) is 8.78 Å². The monoisotopic (exact) mass is 433 g/mol. The van der Waals surface area contributed by atoms with E-state index in [-0.39, 0.29) is 16.5 Å². The minimum Gasteiger partial charge on any atom is -0.423 e. The second-order valence-corrected chi connectivity index (χ2v) is 8.56. The zero-order valence-corrected chi connectivity index (χ0v) is 18.0. The standard InChI is InChI=1S/C27H25F2NO2/c1-2-3-17-4-6-18(7-5-17)19-8-10-20(11-9-19)27(31)32-22-12-13-23-21(14-22)15-25(28)24(16-30)26(23)29/h8-15,17-18H,2-7H2,1H3. The number of hydrogen-bond acceptors (Lipinski definition) is 3. The van der Waals surface area contributed by atoms with Crippen LogP contribution >= 0.6 is 0 Å². The fourth-order valence-electron chi connectivity index (χ4n) is 4.72. The Kier molecular flexibility index (Phi) is 6.50. The average Bonchev–Trinajstić information content (AvgIpc) is 2.80. The molecule has 0 bridgehead atoms. The lowest BCUT2D eigenvalue weighted by Gasteiger charge is -2.28. The minimum absolute atomic E-state index is 0.0979. The molecule has 0 atom stereocenters. The molecule has 164 valence electrons. The first-order valence-electron chi connectivity index (χ1n) is 11.1. The highest BCUT2D eigenvalue weighted by molar-refractivity contribution is 5.92. The molecule has 5 heteroatoms. The van der Waals surface area contributed by atoms with Gasteiger partial charge in [0.05, 0.1) is 5.56 Å². The zero-order valence-electron chi connectivity index (χ0n) is 18.0. The van der Waals surface area contributed by atoms with Gasteiger partial charge >= 0.3 is 5.97 Å². The predicted molar refractivity (Wildman–Crippen MR) is 120 cm³/mol. The van der Waals surface area contributed by atoms with E-state index in [0.717, 1.165) is 12.0 Å². The Balaban J connectivity index is 1.45. The number of nitrogens with zero attached hydrogens (tertiary/aromatic N) is 1. The number of halogens is 2. The highest BCUT2D eigenvalue weighted by atomic mass is 19.1. The maximum atomic E-state index is 14.3. The van der Waals surface area contributed by atoms with Crippen LogP contribution in [0.25, 0.3) is 10.8 Å². The Morgan fingerprint density at radius 2 is 1.78 bits per heavy atom. The molecule has 0 spiro atoms. The Morgan fingerprint density at radius 3 is 2.44 bits per heavy atom. The van der Waals surface area contributed by atoms with Gasteiger partial charge in [-0.3, -0.25) is 0 Å². The third kappa shape index (κ3) is 4.50. The molecule has 32 heavy (non-hydrogen) atoms. The summed E-state index contributed by atoms with van der Waals surface area (Å²) in [7, 11) is 0. The van der Waals surface area contributed by atoms with Crippen molar-refractivity contribution in [3.63, 3.8) is 0 Å². The van der Waals surface area contributed by atoms with Gasteiger partial charge in [0, 0.05) is 5.39 Å². The largest absolute Gasteiger partial charge is 0.423 e. The highest BCUT2D eigenvalue weighted by Gasteiger charge is 2.22. The molecule has 1 fully saturated rings. The second-order valence-electron chi connectivity index (χ2n) is 8.56. The van der Waals surface area contributed by atoms with Gasteiger partial charge in [-0.25, -0.2) is 13.6 Å². The van der Waals surface area contributed by atoms with E-state index < -0.39 is 23.2 Å². The van der Waals surface area contributed by atoms with E-state index in [0.29, 0.717) is 11.5 Å². The van der Waals surface area contributed by atoms with Crippen LogP contribution in [-0.2, 0) is 0 Å². The molecule has 3 aromatic carbocycles. The van der Waals surface area contributed by atoms with Gasteiger partial charge in [0.25, 0.3) is 0 Å². The average molecular weight is 433 g/mol. The van der Waals surface area contributed by atoms with E-state index >= 15 is 0 Å². The van der Waals surface area contributed by atoms with Gasteiger partial charge in [-0.15, -0.1) is 0 Å². The Morgan fingerprint density at radius 1 is 1.06 bits per heavy atom. The lowest BCUT2D eigenvalue weighted by molar-refractivity contribution is 0.0735. The van der Waals surface area contributed by atoms with Crippen molar-refractivity contribution in [2.75, 3.05) is 0 Å². The first-order chi connectivity index (χ1) is 15.5. The molecule has 4 rings (SSSR count). The molecule has 1 saturated carbocycles. The fourth-order valence-corrected chi connectivity index (χ4v) is 4.72. The number of ether oxygens (including phenoxy) is 1. The summed E-state index contributed by atoms with van der Waals surface area (Å²) in [6.45, 7) is 2.24. The predicted octanol–water partition coefficient (Wildman–Crippen LogP) is 7.28. The van der Waals surface area contributed by atoms with Crippen molar-refractivity contribution in [3.8, 4) is 11.8 Å². The summed E-state index contributed by atoms with van der Waals surface area (Å²) in [5, 5.41) is 9.21. The molecule has 3 nitrogen and oxygen atoms in total. The van der Waals surface area contributed by atoms with Gasteiger partial charge in [0.2, 0.25) is 0 Å². The van der Waals surface area contributed by atoms with Gasteiger partial charge < -0.3 is 4.74 Å². The quantitative estimate of drug-likeness (QED) is 0.314. The van der Waals surface area contributed by atoms with Crippen LogP contribution in [0.1, 0.15) is 72.9 Å². The molecule has 0 saturated heterocycles. The number of rotatable bonds is 5. The van der Waals surface area contributed by atoms with Gasteiger partial charge in [0.15, 0.2) is 5.82 Å². The van der Waals surface area contributed by atoms with Crippen molar-refractivity contribution in [3.05, 3.63) is 76.9 Å². The van der Waals surface area contributed by atoms with E-state index in [1.807, 2.05) is 12.1 Å². The van der Waals surface area contributed by atoms with Crippen LogP contribution in [0.5, 0.6) is 5.75 Å². The normalized spacial score (nSPS) is 18.3. The van der Waals surface area contributed by atoms with Crippen LogP contribution in [0, 0.1) is 28.9 Å². The van der Waals surface area contributed by atoms with Gasteiger partial charge in [-0.2, -0.15) is 5.26 Å². The summed E-state index contributed by atoms with van der Waals surface area (Å²) in [4.78, 5) is 12.6. The second kappa shape index (κ2) is 9.48. The maximum absolute atomic E-state index is 14.3. The Labute approximate surface area is 186 Å². The molecule has 0 unspecified atom stereocenters. The number of carbonyl (C=O) groups excluding carboxylic acids is 1. The molecule has 0 N–H and O–H groups in total. The molecule has 1 aliphatic rings. The number of carbonyl (C=O) groups is 1. The third-order valence-corrected chi connectivity index (χ3v) is 6.48. The summed E-state index contributed by atoms with van der Waals surface area (Å²) in [5.41, 5.74) is 1.05. The smallest absolute Gasteiger partial charge is 0.343 e. The number of fused-ring (bicyclic) bond motifs is 1. The van der Waals surface area contributed by atoms with Crippen LogP contribution in [0.15, 0.2) is 48.5 Å². The van der Waals surface area contributed by atoms with Crippen molar-refractivity contribution < 1.29 is 18.3 Å². The van der Waals surface area contributed by atoms with E-state index in [4.69, 9.17) is 10.00 Å². The number of hydrogen-bond donors (Lipinski definition) is 0. The van der Waals surface area contributed by atoms with Crippen LogP contribution in [0.2, 0.25) is 0 Å². The van der Waals surface area contributed by atoms with Crippen LogP contribution in [0.3, 0.4) is 0 Å². The van der Waals surface area contributed by atoms with Gasteiger partial charge in [-0.05, 0) is 84.9 Å².